The molecule has 1 N–H and O–H groups in total. The Balaban J connectivity index is 2.65. The molecule has 1 amide bonds. The molecular formula is C13H16FNO3. The van der Waals surface area contributed by atoms with Crippen LogP contribution in [0.3, 0.4) is 0 Å². The lowest BCUT2D eigenvalue weighted by atomic mass is 10.1. The van der Waals surface area contributed by atoms with Crippen molar-refractivity contribution in [3.05, 3.63) is 35.6 Å². The normalized spacial score (nSPS) is 11.7. The zero-order chi connectivity index (χ0) is 13.5. The third-order valence-corrected chi connectivity index (χ3v) is 2.56. The number of ether oxygens (including phenoxy) is 1. The van der Waals surface area contributed by atoms with Crippen LogP contribution in [0.2, 0.25) is 0 Å². The van der Waals surface area contributed by atoms with E-state index in [1.807, 2.05) is 6.92 Å². The molecule has 5 heteroatoms. The van der Waals surface area contributed by atoms with Crippen molar-refractivity contribution in [3.8, 4) is 0 Å². The van der Waals surface area contributed by atoms with Gasteiger partial charge in [0.05, 0.1) is 13.5 Å². The van der Waals surface area contributed by atoms with Crippen LogP contribution in [0, 0.1) is 5.82 Å². The molecule has 1 rings (SSSR count). The highest BCUT2D eigenvalue weighted by Crippen LogP contribution is 2.06. The lowest BCUT2D eigenvalue weighted by Gasteiger charge is -2.15. The highest BCUT2D eigenvalue weighted by Gasteiger charge is 2.16. The molecule has 0 heterocycles. The van der Waals surface area contributed by atoms with Gasteiger partial charge in [0.15, 0.2) is 0 Å². The highest BCUT2D eigenvalue weighted by molar-refractivity contribution is 5.94. The van der Waals surface area contributed by atoms with E-state index in [4.69, 9.17) is 0 Å². The molecule has 0 aliphatic heterocycles. The minimum atomic E-state index is -0.469. The molecule has 1 atom stereocenters. The molecule has 0 saturated heterocycles. The summed E-state index contributed by atoms with van der Waals surface area (Å²) in [6.45, 7) is 1.85. The first kappa shape index (κ1) is 14.2. The fourth-order valence-electron chi connectivity index (χ4n) is 1.48. The number of carbonyl (C=O) groups excluding carboxylic acids is 2. The smallest absolute Gasteiger partial charge is 0.307 e. The predicted octanol–water partition coefficient (Wildman–Crippen LogP) is 1.90. The quantitative estimate of drug-likeness (QED) is 0.815. The number of nitrogens with one attached hydrogen (secondary N) is 1. The number of amides is 1. The summed E-state index contributed by atoms with van der Waals surface area (Å²) < 4.78 is 17.5. The molecule has 98 valence electrons. The fourth-order valence-corrected chi connectivity index (χ4v) is 1.48. The second-order valence-electron chi connectivity index (χ2n) is 3.87. The molecule has 4 nitrogen and oxygen atoms in total. The number of methoxy groups -OCH3 is 1. The minimum absolute atomic E-state index is 0.105. The third kappa shape index (κ3) is 4.16. The van der Waals surface area contributed by atoms with Crippen molar-refractivity contribution < 1.29 is 18.7 Å². The minimum Gasteiger partial charge on any atom is -0.469 e. The van der Waals surface area contributed by atoms with Crippen molar-refractivity contribution in [1.29, 1.82) is 0 Å². The van der Waals surface area contributed by atoms with Gasteiger partial charge < -0.3 is 10.1 Å². The number of carbonyl (C=O) groups is 2. The zero-order valence-electron chi connectivity index (χ0n) is 10.4. The fraction of sp³-hybridized carbons (Fsp3) is 0.385. The van der Waals surface area contributed by atoms with Crippen molar-refractivity contribution in [1.82, 2.24) is 5.32 Å². The van der Waals surface area contributed by atoms with Crippen molar-refractivity contribution >= 4 is 11.9 Å². The van der Waals surface area contributed by atoms with Gasteiger partial charge in [0.1, 0.15) is 5.82 Å². The number of halogens is 1. The van der Waals surface area contributed by atoms with Crippen LogP contribution in [0.4, 0.5) is 4.39 Å². The van der Waals surface area contributed by atoms with Crippen LogP contribution in [0.1, 0.15) is 30.1 Å². The first-order chi connectivity index (χ1) is 8.56. The molecule has 1 unspecified atom stereocenters. The number of rotatable bonds is 5. The SMILES string of the molecule is CCC(CC(=O)OC)NC(=O)c1cccc(F)c1. The van der Waals surface area contributed by atoms with Crippen LogP contribution in [-0.4, -0.2) is 25.0 Å². The summed E-state index contributed by atoms with van der Waals surface area (Å²) in [7, 11) is 1.30. The van der Waals surface area contributed by atoms with Gasteiger partial charge in [-0.2, -0.15) is 0 Å². The maximum Gasteiger partial charge on any atom is 0.307 e. The van der Waals surface area contributed by atoms with Crippen molar-refractivity contribution in [3.63, 3.8) is 0 Å². The summed E-state index contributed by atoms with van der Waals surface area (Å²) in [5.41, 5.74) is 0.235. The third-order valence-electron chi connectivity index (χ3n) is 2.56. The molecular weight excluding hydrogens is 237 g/mol. The first-order valence-electron chi connectivity index (χ1n) is 5.70. The van der Waals surface area contributed by atoms with Crippen LogP contribution in [0.15, 0.2) is 24.3 Å². The molecule has 0 radical (unpaired) electrons. The van der Waals surface area contributed by atoms with Crippen molar-refractivity contribution in [2.45, 2.75) is 25.8 Å². The number of esters is 1. The molecule has 0 fully saturated rings. The number of hydrogen-bond acceptors (Lipinski definition) is 3. The molecule has 0 aliphatic rings. The van der Waals surface area contributed by atoms with Crippen LogP contribution >= 0.6 is 0 Å². The number of hydrogen-bond donors (Lipinski definition) is 1. The summed E-state index contributed by atoms with van der Waals surface area (Å²) in [6.07, 6.45) is 0.699. The Hall–Kier alpha value is -1.91. The second-order valence-corrected chi connectivity index (χ2v) is 3.87. The van der Waals surface area contributed by atoms with E-state index in [-0.39, 0.29) is 24.0 Å². The maximum absolute atomic E-state index is 13.0. The van der Waals surface area contributed by atoms with E-state index in [0.29, 0.717) is 6.42 Å². The van der Waals surface area contributed by atoms with Gasteiger partial charge in [0.25, 0.3) is 5.91 Å². The molecule has 1 aromatic rings. The van der Waals surface area contributed by atoms with Gasteiger partial charge >= 0.3 is 5.97 Å². The van der Waals surface area contributed by atoms with E-state index in [9.17, 15) is 14.0 Å². The lowest BCUT2D eigenvalue weighted by Crippen LogP contribution is -2.36. The molecule has 0 aromatic heterocycles. The Kier molecular flexibility index (Phi) is 5.30. The van der Waals surface area contributed by atoms with Gasteiger partial charge in [0.2, 0.25) is 0 Å². The van der Waals surface area contributed by atoms with Crippen LogP contribution in [-0.2, 0) is 9.53 Å². The predicted molar refractivity (Wildman–Crippen MR) is 64.6 cm³/mol. The van der Waals surface area contributed by atoms with E-state index < -0.39 is 11.7 Å². The molecule has 1 aromatic carbocycles. The van der Waals surface area contributed by atoms with E-state index in [1.165, 1.54) is 25.3 Å². The Labute approximate surface area is 105 Å². The first-order valence-corrected chi connectivity index (χ1v) is 5.70. The topological polar surface area (TPSA) is 55.4 Å². The zero-order valence-corrected chi connectivity index (χ0v) is 10.4. The second kappa shape index (κ2) is 6.74. The van der Waals surface area contributed by atoms with Crippen molar-refractivity contribution in [2.75, 3.05) is 7.11 Å². The Bertz CT molecular complexity index is 434. The average molecular weight is 253 g/mol. The number of benzene rings is 1. The highest BCUT2D eigenvalue weighted by atomic mass is 19.1. The molecule has 0 saturated carbocycles. The summed E-state index contributed by atoms with van der Waals surface area (Å²) in [4.78, 5) is 22.9. The van der Waals surface area contributed by atoms with Crippen LogP contribution in [0.25, 0.3) is 0 Å². The van der Waals surface area contributed by atoms with E-state index in [2.05, 4.69) is 10.1 Å². The molecule has 0 aliphatic carbocycles. The molecule has 0 bridgehead atoms. The summed E-state index contributed by atoms with van der Waals surface area (Å²) in [5, 5.41) is 2.67. The van der Waals surface area contributed by atoms with E-state index >= 15 is 0 Å². The van der Waals surface area contributed by atoms with Gasteiger partial charge in [0, 0.05) is 11.6 Å². The van der Waals surface area contributed by atoms with Gasteiger partial charge in [-0.15, -0.1) is 0 Å². The maximum atomic E-state index is 13.0. The van der Waals surface area contributed by atoms with Crippen LogP contribution in [0.5, 0.6) is 0 Å². The Morgan fingerprint density at radius 3 is 2.72 bits per heavy atom. The summed E-state index contributed by atoms with van der Waals surface area (Å²) in [5.74, 6) is -1.25. The van der Waals surface area contributed by atoms with Crippen molar-refractivity contribution in [2.24, 2.45) is 0 Å². The monoisotopic (exact) mass is 253 g/mol. The van der Waals surface area contributed by atoms with Gasteiger partial charge in [-0.25, -0.2) is 4.39 Å². The largest absolute Gasteiger partial charge is 0.469 e. The van der Waals surface area contributed by atoms with Crippen LogP contribution < -0.4 is 5.32 Å². The standard InChI is InChI=1S/C13H16FNO3/c1-3-11(8-12(16)18-2)15-13(17)9-5-4-6-10(14)7-9/h4-7,11H,3,8H2,1-2H3,(H,15,17). The lowest BCUT2D eigenvalue weighted by molar-refractivity contribution is -0.141. The van der Waals surface area contributed by atoms with Gasteiger partial charge in [-0.1, -0.05) is 13.0 Å². The molecule has 18 heavy (non-hydrogen) atoms. The van der Waals surface area contributed by atoms with E-state index in [1.54, 1.807) is 0 Å². The van der Waals surface area contributed by atoms with Gasteiger partial charge in [-0.05, 0) is 24.6 Å². The van der Waals surface area contributed by atoms with E-state index in [0.717, 1.165) is 6.07 Å². The average Bonchev–Trinajstić information content (AvgIpc) is 2.37. The summed E-state index contributed by atoms with van der Waals surface area (Å²) in [6, 6.07) is 5.09. The summed E-state index contributed by atoms with van der Waals surface area (Å²) >= 11 is 0. The molecule has 0 spiro atoms. The Morgan fingerprint density at radius 2 is 2.17 bits per heavy atom. The van der Waals surface area contributed by atoms with Gasteiger partial charge in [-0.3, -0.25) is 9.59 Å². The Morgan fingerprint density at radius 1 is 1.44 bits per heavy atom.